The highest BCUT2D eigenvalue weighted by molar-refractivity contribution is 5.28. The fraction of sp³-hybridized carbons (Fsp3) is 0.667. The average molecular weight is 201 g/mol. The van der Waals surface area contributed by atoms with Crippen LogP contribution in [0.2, 0.25) is 0 Å². The molecule has 0 atom stereocenters. The number of nitrogens with two attached hydrogens (primary N) is 1. The highest BCUT2D eigenvalue weighted by Crippen LogP contribution is 2.43. The molecule has 1 aliphatic rings. The Morgan fingerprint density at radius 1 is 1.64 bits per heavy atom. The van der Waals surface area contributed by atoms with Crippen molar-refractivity contribution >= 4 is 5.82 Å². The number of anilines is 1. The molecule has 1 fully saturated rings. The van der Waals surface area contributed by atoms with Crippen LogP contribution in [0.1, 0.15) is 18.5 Å². The lowest BCUT2D eigenvalue weighted by Crippen LogP contribution is -2.38. The van der Waals surface area contributed by atoms with Gasteiger partial charge in [-0.3, -0.25) is 4.68 Å². The van der Waals surface area contributed by atoms with Crippen LogP contribution in [0.15, 0.2) is 6.07 Å². The summed E-state index contributed by atoms with van der Waals surface area (Å²) in [6.45, 7) is 2.43. The van der Waals surface area contributed by atoms with Crippen molar-refractivity contribution < 1.29 is 8.78 Å². The van der Waals surface area contributed by atoms with Crippen LogP contribution in [0.5, 0.6) is 0 Å². The van der Waals surface area contributed by atoms with Gasteiger partial charge < -0.3 is 5.73 Å². The van der Waals surface area contributed by atoms with E-state index in [9.17, 15) is 8.78 Å². The second kappa shape index (κ2) is 2.93. The first-order chi connectivity index (χ1) is 6.46. The lowest BCUT2D eigenvalue weighted by molar-refractivity contribution is -0.114. The predicted octanol–water partition coefficient (Wildman–Crippen LogP) is 1.82. The predicted molar refractivity (Wildman–Crippen MR) is 49.0 cm³/mol. The van der Waals surface area contributed by atoms with Gasteiger partial charge in [0.1, 0.15) is 5.82 Å². The Bertz CT molecular complexity index is 338. The van der Waals surface area contributed by atoms with Gasteiger partial charge in [0.15, 0.2) is 0 Å². The zero-order valence-electron chi connectivity index (χ0n) is 8.00. The fourth-order valence-electron chi connectivity index (χ4n) is 1.88. The highest BCUT2D eigenvalue weighted by Gasteiger charge is 2.45. The lowest BCUT2D eigenvalue weighted by atomic mass is 9.81. The normalized spacial score (nSPS) is 20.8. The van der Waals surface area contributed by atoms with E-state index in [1.165, 1.54) is 0 Å². The van der Waals surface area contributed by atoms with Crippen LogP contribution >= 0.6 is 0 Å². The molecule has 2 rings (SSSR count). The summed E-state index contributed by atoms with van der Waals surface area (Å²) in [4.78, 5) is 0. The van der Waals surface area contributed by atoms with Gasteiger partial charge in [0.2, 0.25) is 5.92 Å². The Morgan fingerprint density at radius 2 is 2.29 bits per heavy atom. The van der Waals surface area contributed by atoms with Crippen LogP contribution in [0.4, 0.5) is 14.6 Å². The first kappa shape index (κ1) is 9.43. The summed E-state index contributed by atoms with van der Waals surface area (Å²) >= 11 is 0. The smallest absolute Gasteiger partial charge is 0.248 e. The first-order valence-corrected chi connectivity index (χ1v) is 4.64. The van der Waals surface area contributed by atoms with Gasteiger partial charge in [0.25, 0.3) is 0 Å². The van der Waals surface area contributed by atoms with E-state index in [1.54, 1.807) is 10.7 Å². The van der Waals surface area contributed by atoms with Crippen molar-refractivity contribution in [2.75, 3.05) is 5.73 Å². The minimum Gasteiger partial charge on any atom is -0.382 e. The van der Waals surface area contributed by atoms with Gasteiger partial charge in [-0.1, -0.05) is 0 Å². The second-order valence-electron chi connectivity index (χ2n) is 4.02. The van der Waals surface area contributed by atoms with E-state index in [0.717, 1.165) is 5.69 Å². The monoisotopic (exact) mass is 201 g/mol. The van der Waals surface area contributed by atoms with Crippen molar-refractivity contribution in [1.82, 2.24) is 9.78 Å². The quantitative estimate of drug-likeness (QED) is 0.793. The molecule has 3 nitrogen and oxygen atoms in total. The molecule has 0 aliphatic heterocycles. The topological polar surface area (TPSA) is 43.8 Å². The number of alkyl halides is 2. The first-order valence-electron chi connectivity index (χ1n) is 4.64. The molecule has 0 unspecified atom stereocenters. The van der Waals surface area contributed by atoms with Gasteiger partial charge in [-0.25, -0.2) is 8.78 Å². The Hall–Kier alpha value is -1.13. The molecule has 1 aromatic heterocycles. The zero-order valence-corrected chi connectivity index (χ0v) is 8.00. The molecular formula is C9H13F2N3. The minimum absolute atomic E-state index is 0.0216. The van der Waals surface area contributed by atoms with Crippen LogP contribution in [0.25, 0.3) is 0 Å². The third-order valence-electron chi connectivity index (χ3n) is 2.61. The molecule has 0 amide bonds. The van der Waals surface area contributed by atoms with Crippen molar-refractivity contribution in [3.05, 3.63) is 11.8 Å². The summed E-state index contributed by atoms with van der Waals surface area (Å²) in [6, 6.07) is 1.75. The molecule has 14 heavy (non-hydrogen) atoms. The molecule has 78 valence electrons. The summed E-state index contributed by atoms with van der Waals surface area (Å²) < 4.78 is 26.8. The SMILES string of the molecule is Cc1cc(N)nn1CC1CC(F)(F)C1. The van der Waals surface area contributed by atoms with Crippen LogP contribution in [0.3, 0.4) is 0 Å². The molecule has 0 radical (unpaired) electrons. The third kappa shape index (κ3) is 1.71. The standard InChI is InChI=1S/C9H13F2N3/c1-6-2-8(12)13-14(6)5-7-3-9(10,11)4-7/h2,7H,3-5H2,1H3,(H2,12,13). The van der Waals surface area contributed by atoms with Crippen molar-refractivity contribution in [2.24, 2.45) is 5.92 Å². The Labute approximate surface area is 80.9 Å². The van der Waals surface area contributed by atoms with Crippen LogP contribution < -0.4 is 5.73 Å². The van der Waals surface area contributed by atoms with Gasteiger partial charge in [-0.2, -0.15) is 5.10 Å². The molecule has 1 aliphatic carbocycles. The largest absolute Gasteiger partial charge is 0.382 e. The van der Waals surface area contributed by atoms with Crippen molar-refractivity contribution in [2.45, 2.75) is 32.2 Å². The molecule has 0 aromatic carbocycles. The van der Waals surface area contributed by atoms with Crippen molar-refractivity contribution in [3.63, 3.8) is 0 Å². The Balaban J connectivity index is 1.96. The molecule has 1 heterocycles. The molecular weight excluding hydrogens is 188 g/mol. The fourth-order valence-corrected chi connectivity index (χ4v) is 1.88. The van der Waals surface area contributed by atoms with Crippen molar-refractivity contribution in [3.8, 4) is 0 Å². The van der Waals surface area contributed by atoms with E-state index >= 15 is 0 Å². The summed E-state index contributed by atoms with van der Waals surface area (Å²) in [5, 5.41) is 4.03. The number of aryl methyl sites for hydroxylation is 1. The lowest BCUT2D eigenvalue weighted by Gasteiger charge is -2.34. The number of nitrogens with zero attached hydrogens (tertiary/aromatic N) is 2. The molecule has 2 N–H and O–H groups in total. The van der Waals surface area contributed by atoms with Gasteiger partial charge in [0, 0.05) is 31.1 Å². The number of hydrogen-bond acceptors (Lipinski definition) is 2. The van der Waals surface area contributed by atoms with E-state index in [0.29, 0.717) is 12.4 Å². The molecule has 0 spiro atoms. The summed E-state index contributed by atoms with van der Waals surface area (Å²) in [5.41, 5.74) is 6.42. The van der Waals surface area contributed by atoms with Gasteiger partial charge >= 0.3 is 0 Å². The van der Waals surface area contributed by atoms with E-state index in [2.05, 4.69) is 5.10 Å². The second-order valence-corrected chi connectivity index (χ2v) is 4.02. The highest BCUT2D eigenvalue weighted by atomic mass is 19.3. The molecule has 5 heteroatoms. The summed E-state index contributed by atoms with van der Waals surface area (Å²) in [6.07, 6.45) is -0.0432. The van der Waals surface area contributed by atoms with E-state index in [-0.39, 0.29) is 18.8 Å². The van der Waals surface area contributed by atoms with E-state index < -0.39 is 5.92 Å². The van der Waals surface area contributed by atoms with Gasteiger partial charge in [-0.05, 0) is 12.8 Å². The van der Waals surface area contributed by atoms with E-state index in [1.807, 2.05) is 6.92 Å². The summed E-state index contributed by atoms with van der Waals surface area (Å²) in [7, 11) is 0. The summed E-state index contributed by atoms with van der Waals surface area (Å²) in [5.74, 6) is -1.95. The molecule has 0 saturated heterocycles. The van der Waals surface area contributed by atoms with Crippen LogP contribution in [0, 0.1) is 12.8 Å². The maximum Gasteiger partial charge on any atom is 0.248 e. The Morgan fingerprint density at radius 3 is 2.71 bits per heavy atom. The number of nitrogen functional groups attached to an aromatic ring is 1. The minimum atomic E-state index is -2.45. The molecule has 1 saturated carbocycles. The number of rotatable bonds is 2. The number of hydrogen-bond donors (Lipinski definition) is 1. The zero-order chi connectivity index (χ0) is 10.3. The molecule has 0 bridgehead atoms. The molecule has 1 aromatic rings. The van der Waals surface area contributed by atoms with Crippen LogP contribution in [-0.2, 0) is 6.54 Å². The number of aromatic nitrogens is 2. The average Bonchev–Trinajstić information content (AvgIpc) is 2.26. The van der Waals surface area contributed by atoms with Gasteiger partial charge in [0.05, 0.1) is 0 Å². The number of halogens is 2. The maximum absolute atomic E-state index is 12.5. The van der Waals surface area contributed by atoms with Crippen molar-refractivity contribution in [1.29, 1.82) is 0 Å². The van der Waals surface area contributed by atoms with Gasteiger partial charge in [-0.15, -0.1) is 0 Å². The third-order valence-corrected chi connectivity index (χ3v) is 2.61. The Kier molecular flexibility index (Phi) is 1.97. The van der Waals surface area contributed by atoms with Crippen LogP contribution in [-0.4, -0.2) is 15.7 Å². The van der Waals surface area contributed by atoms with E-state index in [4.69, 9.17) is 5.73 Å². The maximum atomic E-state index is 12.5.